The van der Waals surface area contributed by atoms with Crippen molar-refractivity contribution in [3.8, 4) is 0 Å². The summed E-state index contributed by atoms with van der Waals surface area (Å²) in [4.78, 5) is 36.0. The molecule has 1 aromatic carbocycles. The molecule has 2 N–H and O–H groups in total. The van der Waals surface area contributed by atoms with Crippen LogP contribution in [-0.2, 0) is 17.5 Å². The van der Waals surface area contributed by atoms with Crippen molar-refractivity contribution in [1.82, 2.24) is 9.55 Å². The molecule has 0 bridgehead atoms. The fraction of sp³-hybridized carbons (Fsp3) is 0.154. The number of carbonyl (C=O) groups is 1. The van der Waals surface area contributed by atoms with Gasteiger partial charge in [0.05, 0.1) is 5.56 Å². The summed E-state index contributed by atoms with van der Waals surface area (Å²) in [5.74, 6) is -0.617. The van der Waals surface area contributed by atoms with Crippen LogP contribution in [0.5, 0.6) is 0 Å². The van der Waals surface area contributed by atoms with E-state index in [1.807, 2.05) is 4.98 Å². The Hall–Kier alpha value is -2.84. The number of benzene rings is 1. The molecule has 0 spiro atoms. The molecule has 0 radical (unpaired) electrons. The van der Waals surface area contributed by atoms with Crippen molar-refractivity contribution in [3.63, 3.8) is 0 Å². The average Bonchev–Trinajstić information content (AvgIpc) is 2.41. The molecule has 0 aliphatic rings. The molecule has 1 heterocycles. The predicted molar refractivity (Wildman–Crippen MR) is 71.4 cm³/mol. The van der Waals surface area contributed by atoms with E-state index in [9.17, 15) is 27.6 Å². The lowest BCUT2D eigenvalue weighted by molar-refractivity contribution is -0.137. The van der Waals surface area contributed by atoms with Crippen molar-refractivity contribution in [2.45, 2.75) is 12.7 Å². The monoisotopic (exact) mass is 313 g/mol. The Bertz CT molecular complexity index is 791. The molecule has 6 nitrogen and oxygen atoms in total. The summed E-state index contributed by atoms with van der Waals surface area (Å²) in [5, 5.41) is 2.35. The van der Waals surface area contributed by atoms with Crippen LogP contribution in [0.15, 0.2) is 46.1 Å². The maximum Gasteiger partial charge on any atom is 0.416 e. The number of hydrogen-bond acceptors (Lipinski definition) is 3. The third-order valence-corrected chi connectivity index (χ3v) is 2.71. The number of halogens is 3. The van der Waals surface area contributed by atoms with Crippen LogP contribution in [0.3, 0.4) is 0 Å². The van der Waals surface area contributed by atoms with Crippen LogP contribution in [0.25, 0.3) is 0 Å². The molecule has 116 valence electrons. The van der Waals surface area contributed by atoms with E-state index < -0.39 is 28.9 Å². The normalized spacial score (nSPS) is 11.2. The Kier molecular flexibility index (Phi) is 4.15. The lowest BCUT2D eigenvalue weighted by atomic mass is 10.2. The van der Waals surface area contributed by atoms with Crippen molar-refractivity contribution < 1.29 is 18.0 Å². The first-order valence-corrected chi connectivity index (χ1v) is 6.02. The summed E-state index contributed by atoms with van der Waals surface area (Å²) < 4.78 is 38.1. The summed E-state index contributed by atoms with van der Waals surface area (Å²) >= 11 is 0. The molecule has 1 amide bonds. The first kappa shape index (κ1) is 15.5. The van der Waals surface area contributed by atoms with Crippen molar-refractivity contribution in [3.05, 3.63) is 62.9 Å². The first-order valence-electron chi connectivity index (χ1n) is 6.02. The fourth-order valence-corrected chi connectivity index (χ4v) is 1.67. The summed E-state index contributed by atoms with van der Waals surface area (Å²) in [6.45, 7) is -0.378. The van der Waals surface area contributed by atoms with Crippen LogP contribution >= 0.6 is 0 Å². The highest BCUT2D eigenvalue weighted by atomic mass is 19.4. The van der Waals surface area contributed by atoms with Crippen LogP contribution in [0.4, 0.5) is 18.9 Å². The minimum Gasteiger partial charge on any atom is -0.325 e. The number of nitrogens with one attached hydrogen (secondary N) is 2. The zero-order valence-corrected chi connectivity index (χ0v) is 11.0. The second-order valence-corrected chi connectivity index (χ2v) is 4.36. The van der Waals surface area contributed by atoms with E-state index in [0.29, 0.717) is 0 Å². The van der Waals surface area contributed by atoms with E-state index in [-0.39, 0.29) is 12.2 Å². The van der Waals surface area contributed by atoms with Gasteiger partial charge in [0, 0.05) is 18.0 Å². The number of rotatable bonds is 3. The van der Waals surface area contributed by atoms with Gasteiger partial charge in [0.15, 0.2) is 0 Å². The minimum absolute atomic E-state index is 0.162. The van der Waals surface area contributed by atoms with E-state index in [1.54, 1.807) is 0 Å². The van der Waals surface area contributed by atoms with Gasteiger partial charge in [0.2, 0.25) is 5.91 Å². The molecular formula is C13H10F3N3O3. The minimum atomic E-state index is -4.45. The zero-order valence-electron chi connectivity index (χ0n) is 11.0. The SMILES string of the molecule is O=C(Cn1ccc(=O)[nH]c1=O)Nc1ccc(C(F)(F)F)cc1. The molecule has 0 fully saturated rings. The van der Waals surface area contributed by atoms with Crippen LogP contribution in [0.1, 0.15) is 5.56 Å². The second-order valence-electron chi connectivity index (χ2n) is 4.36. The lowest BCUT2D eigenvalue weighted by Crippen LogP contribution is -2.32. The quantitative estimate of drug-likeness (QED) is 0.893. The highest BCUT2D eigenvalue weighted by Crippen LogP contribution is 2.29. The van der Waals surface area contributed by atoms with E-state index in [2.05, 4.69) is 5.32 Å². The molecule has 0 saturated carbocycles. The average molecular weight is 313 g/mol. The highest BCUT2D eigenvalue weighted by Gasteiger charge is 2.29. The Morgan fingerprint density at radius 2 is 1.77 bits per heavy atom. The summed E-state index contributed by atoms with van der Waals surface area (Å²) in [5.41, 5.74) is -2.02. The van der Waals surface area contributed by atoms with Crippen LogP contribution < -0.4 is 16.6 Å². The van der Waals surface area contributed by atoms with Gasteiger partial charge in [-0.1, -0.05) is 0 Å². The molecule has 1 aromatic heterocycles. The predicted octanol–water partition coefficient (Wildman–Crippen LogP) is 1.19. The third-order valence-electron chi connectivity index (χ3n) is 2.71. The van der Waals surface area contributed by atoms with E-state index in [1.165, 1.54) is 0 Å². The molecule has 9 heteroatoms. The van der Waals surface area contributed by atoms with Crippen molar-refractivity contribution >= 4 is 11.6 Å². The first-order chi connectivity index (χ1) is 10.3. The largest absolute Gasteiger partial charge is 0.416 e. The summed E-state index contributed by atoms with van der Waals surface area (Å²) in [7, 11) is 0. The standard InChI is InChI=1S/C13H10F3N3O3/c14-13(15,16)8-1-3-9(4-2-8)17-11(21)7-19-6-5-10(20)18-12(19)22/h1-6H,7H2,(H,17,21)(H,18,20,22). The third kappa shape index (κ3) is 3.84. The Balaban J connectivity index is 2.06. The second kappa shape index (κ2) is 5.88. The van der Waals surface area contributed by atoms with Gasteiger partial charge in [-0.25, -0.2) is 4.79 Å². The molecule has 0 aliphatic carbocycles. The Labute approximate surface area is 121 Å². The Morgan fingerprint density at radius 3 is 2.32 bits per heavy atom. The van der Waals surface area contributed by atoms with Crippen LogP contribution in [-0.4, -0.2) is 15.5 Å². The maximum absolute atomic E-state index is 12.4. The van der Waals surface area contributed by atoms with Gasteiger partial charge in [-0.05, 0) is 24.3 Å². The zero-order chi connectivity index (χ0) is 16.3. The van der Waals surface area contributed by atoms with Gasteiger partial charge in [0.25, 0.3) is 5.56 Å². The number of H-pyrrole nitrogens is 1. The van der Waals surface area contributed by atoms with Gasteiger partial charge in [0.1, 0.15) is 6.54 Å². The fourth-order valence-electron chi connectivity index (χ4n) is 1.67. The number of alkyl halides is 3. The summed E-state index contributed by atoms with van der Waals surface area (Å²) in [6.07, 6.45) is -3.31. The molecule has 0 aliphatic heterocycles. The maximum atomic E-state index is 12.4. The molecule has 2 rings (SSSR count). The highest BCUT2D eigenvalue weighted by molar-refractivity contribution is 5.90. The van der Waals surface area contributed by atoms with E-state index >= 15 is 0 Å². The van der Waals surface area contributed by atoms with Gasteiger partial charge in [-0.2, -0.15) is 13.2 Å². The number of amides is 1. The molecular weight excluding hydrogens is 303 g/mol. The topological polar surface area (TPSA) is 84.0 Å². The molecule has 22 heavy (non-hydrogen) atoms. The number of aromatic nitrogens is 2. The van der Waals surface area contributed by atoms with E-state index in [0.717, 1.165) is 41.1 Å². The number of aromatic amines is 1. The van der Waals surface area contributed by atoms with Crippen LogP contribution in [0.2, 0.25) is 0 Å². The van der Waals surface area contributed by atoms with Gasteiger partial charge in [-0.15, -0.1) is 0 Å². The van der Waals surface area contributed by atoms with Crippen LogP contribution in [0, 0.1) is 0 Å². The number of nitrogens with zero attached hydrogens (tertiary/aromatic N) is 1. The molecule has 0 saturated heterocycles. The van der Waals surface area contributed by atoms with Gasteiger partial charge in [-0.3, -0.25) is 19.1 Å². The Morgan fingerprint density at radius 1 is 1.14 bits per heavy atom. The lowest BCUT2D eigenvalue weighted by Gasteiger charge is -2.09. The van der Waals surface area contributed by atoms with Crippen molar-refractivity contribution in [2.24, 2.45) is 0 Å². The number of hydrogen-bond donors (Lipinski definition) is 2. The smallest absolute Gasteiger partial charge is 0.325 e. The molecule has 2 aromatic rings. The van der Waals surface area contributed by atoms with Crippen molar-refractivity contribution in [2.75, 3.05) is 5.32 Å². The molecule has 0 unspecified atom stereocenters. The number of carbonyl (C=O) groups excluding carboxylic acids is 1. The molecule has 0 atom stereocenters. The van der Waals surface area contributed by atoms with Gasteiger partial charge >= 0.3 is 11.9 Å². The van der Waals surface area contributed by atoms with Crippen molar-refractivity contribution in [1.29, 1.82) is 0 Å². The summed E-state index contributed by atoms with van der Waals surface area (Å²) in [6, 6.07) is 4.96. The van der Waals surface area contributed by atoms with E-state index in [4.69, 9.17) is 0 Å². The van der Waals surface area contributed by atoms with Gasteiger partial charge < -0.3 is 5.32 Å². The number of anilines is 1.